The standard InChI is InChI=1S/C14H22N2O/c1-9(2)10-3-6-14-12(7-10)13(16-17-14)8-15-11-4-5-11/h9-11,15H,3-8H2,1-2H3. The van der Waals surface area contributed by atoms with Gasteiger partial charge in [0.2, 0.25) is 0 Å². The Hall–Kier alpha value is -0.830. The van der Waals surface area contributed by atoms with E-state index in [-0.39, 0.29) is 0 Å². The molecule has 0 saturated heterocycles. The molecule has 0 spiro atoms. The molecule has 3 nitrogen and oxygen atoms in total. The molecule has 1 atom stereocenters. The van der Waals surface area contributed by atoms with E-state index < -0.39 is 0 Å². The Morgan fingerprint density at radius 3 is 2.88 bits per heavy atom. The molecule has 1 fully saturated rings. The van der Waals surface area contributed by atoms with Gasteiger partial charge in [-0.05, 0) is 37.5 Å². The smallest absolute Gasteiger partial charge is 0.140 e. The van der Waals surface area contributed by atoms with Crippen molar-refractivity contribution in [2.24, 2.45) is 11.8 Å². The summed E-state index contributed by atoms with van der Waals surface area (Å²) in [7, 11) is 0. The van der Waals surface area contributed by atoms with Crippen LogP contribution in [0.15, 0.2) is 4.52 Å². The van der Waals surface area contributed by atoms with Crippen molar-refractivity contribution in [2.75, 3.05) is 0 Å². The van der Waals surface area contributed by atoms with Gasteiger partial charge in [-0.25, -0.2) is 0 Å². The molecule has 1 aromatic heterocycles. The van der Waals surface area contributed by atoms with Gasteiger partial charge >= 0.3 is 0 Å². The number of hydrogen-bond acceptors (Lipinski definition) is 3. The monoisotopic (exact) mass is 234 g/mol. The Kier molecular flexibility index (Phi) is 2.95. The van der Waals surface area contributed by atoms with E-state index in [1.165, 1.54) is 24.8 Å². The van der Waals surface area contributed by atoms with Gasteiger partial charge in [-0.2, -0.15) is 0 Å². The first-order valence-corrected chi connectivity index (χ1v) is 6.93. The fourth-order valence-electron chi connectivity index (χ4n) is 2.73. The van der Waals surface area contributed by atoms with E-state index in [9.17, 15) is 0 Å². The van der Waals surface area contributed by atoms with E-state index in [0.29, 0.717) is 0 Å². The fourth-order valence-corrected chi connectivity index (χ4v) is 2.73. The molecule has 1 N–H and O–H groups in total. The predicted octanol–water partition coefficient (Wildman–Crippen LogP) is 2.69. The summed E-state index contributed by atoms with van der Waals surface area (Å²) in [6.07, 6.45) is 6.16. The zero-order valence-corrected chi connectivity index (χ0v) is 10.8. The summed E-state index contributed by atoms with van der Waals surface area (Å²) in [4.78, 5) is 0. The zero-order valence-electron chi connectivity index (χ0n) is 10.8. The van der Waals surface area contributed by atoms with Gasteiger partial charge in [-0.15, -0.1) is 0 Å². The Labute approximate surface area is 103 Å². The van der Waals surface area contributed by atoms with Crippen molar-refractivity contribution < 1.29 is 4.52 Å². The van der Waals surface area contributed by atoms with Gasteiger partial charge in [0, 0.05) is 24.6 Å². The molecular weight excluding hydrogens is 212 g/mol. The zero-order chi connectivity index (χ0) is 11.8. The first-order valence-electron chi connectivity index (χ1n) is 6.93. The Balaban J connectivity index is 1.71. The summed E-state index contributed by atoms with van der Waals surface area (Å²) < 4.78 is 5.48. The topological polar surface area (TPSA) is 38.1 Å². The maximum absolute atomic E-state index is 5.48. The lowest BCUT2D eigenvalue weighted by atomic mass is 9.80. The molecule has 1 saturated carbocycles. The van der Waals surface area contributed by atoms with Crippen LogP contribution in [-0.4, -0.2) is 11.2 Å². The highest BCUT2D eigenvalue weighted by Crippen LogP contribution is 2.32. The number of aromatic nitrogens is 1. The van der Waals surface area contributed by atoms with Crippen molar-refractivity contribution in [2.45, 2.75) is 58.5 Å². The molecule has 1 unspecified atom stereocenters. The van der Waals surface area contributed by atoms with Gasteiger partial charge in [0.25, 0.3) is 0 Å². The van der Waals surface area contributed by atoms with Gasteiger partial charge in [-0.3, -0.25) is 0 Å². The fraction of sp³-hybridized carbons (Fsp3) is 0.786. The summed E-state index contributed by atoms with van der Waals surface area (Å²) in [6, 6.07) is 0.742. The lowest BCUT2D eigenvalue weighted by molar-refractivity contribution is 0.305. The average molecular weight is 234 g/mol. The van der Waals surface area contributed by atoms with E-state index in [4.69, 9.17) is 4.52 Å². The van der Waals surface area contributed by atoms with Gasteiger partial charge in [-0.1, -0.05) is 19.0 Å². The first kappa shape index (κ1) is 11.3. The van der Waals surface area contributed by atoms with Crippen molar-refractivity contribution >= 4 is 0 Å². The van der Waals surface area contributed by atoms with Crippen LogP contribution in [0.1, 0.15) is 50.1 Å². The molecule has 0 aromatic carbocycles. The van der Waals surface area contributed by atoms with Crippen LogP contribution in [0, 0.1) is 11.8 Å². The summed E-state index contributed by atoms with van der Waals surface area (Å²) in [5, 5.41) is 7.78. The van der Waals surface area contributed by atoms with E-state index in [0.717, 1.165) is 48.7 Å². The molecule has 1 aromatic rings. The second-order valence-corrected chi connectivity index (χ2v) is 5.93. The van der Waals surface area contributed by atoms with Crippen molar-refractivity contribution in [3.8, 4) is 0 Å². The third kappa shape index (κ3) is 2.39. The minimum atomic E-state index is 0.742. The van der Waals surface area contributed by atoms with E-state index in [1.54, 1.807) is 0 Å². The number of fused-ring (bicyclic) bond motifs is 1. The highest BCUT2D eigenvalue weighted by molar-refractivity contribution is 5.26. The molecule has 0 amide bonds. The molecule has 0 aliphatic heterocycles. The van der Waals surface area contributed by atoms with Crippen LogP contribution in [0.3, 0.4) is 0 Å². The normalized spacial score (nSPS) is 24.1. The summed E-state index contributed by atoms with van der Waals surface area (Å²) in [5.74, 6) is 2.72. The van der Waals surface area contributed by atoms with Gasteiger partial charge in [0.1, 0.15) is 11.5 Å². The number of aryl methyl sites for hydroxylation is 1. The number of nitrogens with one attached hydrogen (secondary N) is 1. The third-order valence-corrected chi connectivity index (χ3v) is 4.24. The molecule has 3 heteroatoms. The summed E-state index contributed by atoms with van der Waals surface area (Å²) in [6.45, 7) is 5.55. The van der Waals surface area contributed by atoms with Crippen molar-refractivity contribution in [3.63, 3.8) is 0 Å². The van der Waals surface area contributed by atoms with E-state index in [2.05, 4.69) is 24.3 Å². The SMILES string of the molecule is CC(C)C1CCc2onc(CNC3CC3)c2C1. The van der Waals surface area contributed by atoms with Crippen LogP contribution in [0.4, 0.5) is 0 Å². The molecule has 2 aliphatic carbocycles. The highest BCUT2D eigenvalue weighted by atomic mass is 16.5. The molecule has 2 aliphatic rings. The molecule has 3 rings (SSSR count). The van der Waals surface area contributed by atoms with Crippen molar-refractivity contribution in [1.82, 2.24) is 10.5 Å². The van der Waals surface area contributed by atoms with E-state index >= 15 is 0 Å². The molecule has 94 valence electrons. The van der Waals surface area contributed by atoms with Gasteiger partial charge in [0.15, 0.2) is 0 Å². The van der Waals surface area contributed by atoms with Gasteiger partial charge in [0.05, 0.1) is 0 Å². The van der Waals surface area contributed by atoms with Crippen LogP contribution in [0.5, 0.6) is 0 Å². The lowest BCUT2D eigenvalue weighted by Crippen LogP contribution is -2.21. The number of hydrogen-bond donors (Lipinski definition) is 1. The maximum Gasteiger partial charge on any atom is 0.140 e. The van der Waals surface area contributed by atoms with E-state index in [1.807, 2.05) is 0 Å². The summed E-state index contributed by atoms with van der Waals surface area (Å²) >= 11 is 0. The average Bonchev–Trinajstić information content (AvgIpc) is 3.06. The van der Waals surface area contributed by atoms with Crippen molar-refractivity contribution in [1.29, 1.82) is 0 Å². The largest absolute Gasteiger partial charge is 0.361 e. The predicted molar refractivity (Wildman–Crippen MR) is 66.7 cm³/mol. The Morgan fingerprint density at radius 2 is 2.18 bits per heavy atom. The van der Waals surface area contributed by atoms with Crippen LogP contribution in [0.25, 0.3) is 0 Å². The van der Waals surface area contributed by atoms with Crippen LogP contribution in [-0.2, 0) is 19.4 Å². The second kappa shape index (κ2) is 4.45. The highest BCUT2D eigenvalue weighted by Gasteiger charge is 2.28. The Morgan fingerprint density at radius 1 is 1.35 bits per heavy atom. The minimum Gasteiger partial charge on any atom is -0.361 e. The maximum atomic E-state index is 5.48. The number of rotatable bonds is 4. The minimum absolute atomic E-state index is 0.742. The number of nitrogens with zero attached hydrogens (tertiary/aromatic N) is 1. The van der Waals surface area contributed by atoms with Crippen LogP contribution < -0.4 is 5.32 Å². The van der Waals surface area contributed by atoms with Crippen LogP contribution >= 0.6 is 0 Å². The quantitative estimate of drug-likeness (QED) is 0.870. The van der Waals surface area contributed by atoms with Gasteiger partial charge < -0.3 is 9.84 Å². The van der Waals surface area contributed by atoms with Crippen molar-refractivity contribution in [3.05, 3.63) is 17.0 Å². The third-order valence-electron chi connectivity index (χ3n) is 4.24. The molecular formula is C14H22N2O. The summed E-state index contributed by atoms with van der Waals surface area (Å²) in [5.41, 5.74) is 2.57. The first-order chi connectivity index (χ1) is 8.24. The second-order valence-electron chi connectivity index (χ2n) is 5.93. The Bertz CT molecular complexity index is 393. The lowest BCUT2D eigenvalue weighted by Gasteiger charge is -2.24. The molecule has 1 heterocycles. The molecule has 17 heavy (non-hydrogen) atoms. The molecule has 0 bridgehead atoms. The van der Waals surface area contributed by atoms with Crippen LogP contribution in [0.2, 0.25) is 0 Å². The molecule has 0 radical (unpaired) electrons.